The molecule has 0 amide bonds. The molecule has 0 spiro atoms. The number of aliphatic hydroxyl groups is 1. The maximum Gasteiger partial charge on any atom is 0.0952 e. The van der Waals surface area contributed by atoms with Crippen LogP contribution < -0.4 is 5.32 Å². The zero-order chi connectivity index (χ0) is 21.0. The number of pyridine rings is 1. The molecule has 4 nitrogen and oxygen atoms in total. The van der Waals surface area contributed by atoms with Crippen LogP contribution in [0.15, 0.2) is 66.9 Å². The number of nitrogens with zero attached hydrogens (tertiary/aromatic N) is 2. The molecule has 2 bridgehead atoms. The molecule has 0 aliphatic carbocycles. The monoisotopic (exact) mass is 415 g/mol. The van der Waals surface area contributed by atoms with E-state index in [1.165, 1.54) is 24.8 Å². The highest BCUT2D eigenvalue weighted by Crippen LogP contribution is 2.43. The van der Waals surface area contributed by atoms with Gasteiger partial charge in [-0.3, -0.25) is 9.88 Å². The highest BCUT2D eigenvalue weighted by molar-refractivity contribution is 5.82. The normalized spacial score (nSPS) is 26.2. The highest BCUT2D eigenvalue weighted by atomic mass is 16.3. The van der Waals surface area contributed by atoms with Crippen LogP contribution in [-0.2, 0) is 6.54 Å². The summed E-state index contributed by atoms with van der Waals surface area (Å²) in [5.74, 6) is 1.51. The third-order valence-corrected chi connectivity index (χ3v) is 7.40. The number of hydrogen-bond acceptors (Lipinski definition) is 4. The number of nitrogens with one attached hydrogen (secondary N) is 1. The lowest BCUT2D eigenvalue weighted by molar-refractivity contribution is -0.0576. The predicted octanol–water partition coefficient (Wildman–Crippen LogP) is 4.55. The Morgan fingerprint density at radius 3 is 2.74 bits per heavy atom. The van der Waals surface area contributed by atoms with Gasteiger partial charge in [-0.1, -0.05) is 48.5 Å². The Bertz CT molecular complexity index is 987. The summed E-state index contributed by atoms with van der Waals surface area (Å²) in [7, 11) is 0. The minimum atomic E-state index is -0.441. The summed E-state index contributed by atoms with van der Waals surface area (Å²) in [5, 5.41) is 16.0. The van der Waals surface area contributed by atoms with Gasteiger partial charge in [0.25, 0.3) is 0 Å². The number of rotatable bonds is 8. The zero-order valence-electron chi connectivity index (χ0n) is 18.2. The summed E-state index contributed by atoms with van der Waals surface area (Å²) in [4.78, 5) is 7.02. The lowest BCUT2D eigenvalue weighted by Crippen LogP contribution is -2.55. The van der Waals surface area contributed by atoms with Crippen molar-refractivity contribution in [2.24, 2.45) is 11.8 Å². The van der Waals surface area contributed by atoms with Crippen molar-refractivity contribution in [2.75, 3.05) is 19.6 Å². The minimum absolute atomic E-state index is 0.233. The lowest BCUT2D eigenvalue weighted by atomic mass is 9.72. The van der Waals surface area contributed by atoms with E-state index in [0.29, 0.717) is 0 Å². The van der Waals surface area contributed by atoms with Crippen LogP contribution in [0.25, 0.3) is 10.9 Å². The third-order valence-electron chi connectivity index (χ3n) is 7.40. The molecular weight excluding hydrogens is 382 g/mol. The van der Waals surface area contributed by atoms with Gasteiger partial charge < -0.3 is 10.4 Å². The van der Waals surface area contributed by atoms with Crippen LogP contribution in [0, 0.1) is 11.8 Å². The molecule has 3 aliphatic heterocycles. The minimum Gasteiger partial charge on any atom is -0.387 e. The van der Waals surface area contributed by atoms with Crippen molar-refractivity contribution in [3.05, 3.63) is 78.0 Å². The fraction of sp³-hybridized carbons (Fsp3) is 0.444. The molecule has 5 atom stereocenters. The Labute approximate surface area is 185 Å². The molecule has 2 aromatic carbocycles. The highest BCUT2D eigenvalue weighted by Gasteiger charge is 2.42. The van der Waals surface area contributed by atoms with Crippen molar-refractivity contribution in [1.29, 1.82) is 0 Å². The van der Waals surface area contributed by atoms with Gasteiger partial charge in [-0.05, 0) is 73.9 Å². The number of fused-ring (bicyclic) bond motifs is 4. The average Bonchev–Trinajstić information content (AvgIpc) is 2.84. The van der Waals surface area contributed by atoms with Crippen molar-refractivity contribution < 1.29 is 5.11 Å². The number of aromatic nitrogens is 1. The molecule has 0 saturated carbocycles. The summed E-state index contributed by atoms with van der Waals surface area (Å²) >= 11 is 0. The topological polar surface area (TPSA) is 48.4 Å². The smallest absolute Gasteiger partial charge is 0.0952 e. The number of para-hydroxylation sites is 1. The number of hydrogen-bond donors (Lipinski definition) is 2. The van der Waals surface area contributed by atoms with E-state index in [1.807, 2.05) is 30.5 Å². The Balaban J connectivity index is 1.15. The van der Waals surface area contributed by atoms with E-state index in [0.717, 1.165) is 60.9 Å². The first-order valence-electron chi connectivity index (χ1n) is 11.8. The van der Waals surface area contributed by atoms with Crippen molar-refractivity contribution in [1.82, 2.24) is 15.2 Å². The SMILES string of the molecule is O[C@H](c1ccnc2ccccc12)[C@@H]1C[C@@H]2CCN1C[C@@H]2CCCNCc1ccccc1. The van der Waals surface area contributed by atoms with Gasteiger partial charge in [-0.2, -0.15) is 0 Å². The predicted molar refractivity (Wildman–Crippen MR) is 126 cm³/mol. The van der Waals surface area contributed by atoms with E-state index in [2.05, 4.69) is 51.6 Å². The number of piperidine rings is 3. The number of aliphatic hydroxyl groups excluding tert-OH is 1. The molecule has 4 heteroatoms. The molecule has 2 N–H and O–H groups in total. The van der Waals surface area contributed by atoms with E-state index >= 15 is 0 Å². The number of benzene rings is 2. The third kappa shape index (κ3) is 4.52. The van der Waals surface area contributed by atoms with Crippen molar-refractivity contribution in [3.8, 4) is 0 Å². The van der Waals surface area contributed by atoms with Gasteiger partial charge in [-0.25, -0.2) is 0 Å². The van der Waals surface area contributed by atoms with E-state index in [1.54, 1.807) is 0 Å². The molecule has 3 saturated heterocycles. The largest absolute Gasteiger partial charge is 0.387 e. The van der Waals surface area contributed by atoms with Crippen LogP contribution in [0.1, 0.15) is 42.9 Å². The first-order valence-corrected chi connectivity index (χ1v) is 11.8. The second-order valence-corrected chi connectivity index (χ2v) is 9.27. The van der Waals surface area contributed by atoms with Crippen LogP contribution in [0.5, 0.6) is 0 Å². The Hall–Kier alpha value is -2.27. The fourth-order valence-electron chi connectivity index (χ4n) is 5.74. The molecule has 1 aromatic heterocycles. The lowest BCUT2D eigenvalue weighted by Gasteiger charge is -2.51. The summed E-state index contributed by atoms with van der Waals surface area (Å²) in [5.41, 5.74) is 3.35. The van der Waals surface area contributed by atoms with Crippen LogP contribution in [-0.4, -0.2) is 40.7 Å². The summed E-state index contributed by atoms with van der Waals surface area (Å²) in [6, 6.07) is 21.0. The van der Waals surface area contributed by atoms with E-state index in [9.17, 15) is 5.11 Å². The summed E-state index contributed by atoms with van der Waals surface area (Å²) < 4.78 is 0. The van der Waals surface area contributed by atoms with Gasteiger partial charge in [0.1, 0.15) is 0 Å². The zero-order valence-corrected chi connectivity index (χ0v) is 18.2. The first kappa shape index (κ1) is 20.6. The quantitative estimate of drug-likeness (QED) is 0.530. The van der Waals surface area contributed by atoms with Gasteiger partial charge in [0.2, 0.25) is 0 Å². The summed E-state index contributed by atoms with van der Waals surface area (Å²) in [6.45, 7) is 4.29. The second-order valence-electron chi connectivity index (χ2n) is 9.27. The molecular formula is C27H33N3O. The van der Waals surface area contributed by atoms with E-state index < -0.39 is 6.10 Å². The molecule has 3 aliphatic rings. The van der Waals surface area contributed by atoms with Crippen LogP contribution >= 0.6 is 0 Å². The Kier molecular flexibility index (Phi) is 6.30. The van der Waals surface area contributed by atoms with Crippen molar-refractivity contribution in [2.45, 2.75) is 44.4 Å². The standard InChI is InChI=1S/C27H33N3O/c31-27(24-12-15-29-25-11-5-4-10-23(24)25)26-17-21-13-16-30(26)19-22(21)9-6-14-28-18-20-7-2-1-3-8-20/h1-5,7-8,10-12,15,21-22,26-28,31H,6,9,13-14,16-19H2/t21-,22-,26-,27+/m0/s1. The van der Waals surface area contributed by atoms with Gasteiger partial charge in [-0.15, -0.1) is 0 Å². The summed E-state index contributed by atoms with van der Waals surface area (Å²) in [6.07, 6.45) is 6.29. The Morgan fingerprint density at radius 2 is 1.90 bits per heavy atom. The fourth-order valence-corrected chi connectivity index (χ4v) is 5.74. The maximum absolute atomic E-state index is 11.3. The van der Waals surface area contributed by atoms with E-state index in [4.69, 9.17) is 0 Å². The molecule has 3 fully saturated rings. The maximum atomic E-state index is 11.3. The molecule has 6 rings (SSSR count). The van der Waals surface area contributed by atoms with Crippen LogP contribution in [0.4, 0.5) is 0 Å². The van der Waals surface area contributed by atoms with Crippen LogP contribution in [0.3, 0.4) is 0 Å². The molecule has 4 heterocycles. The van der Waals surface area contributed by atoms with Gasteiger partial charge in [0.05, 0.1) is 11.6 Å². The van der Waals surface area contributed by atoms with Crippen LogP contribution in [0.2, 0.25) is 0 Å². The average molecular weight is 416 g/mol. The first-order chi connectivity index (χ1) is 15.3. The molecule has 3 aromatic rings. The second kappa shape index (κ2) is 9.47. The van der Waals surface area contributed by atoms with Crippen molar-refractivity contribution in [3.63, 3.8) is 0 Å². The molecule has 31 heavy (non-hydrogen) atoms. The molecule has 1 unspecified atom stereocenters. The van der Waals surface area contributed by atoms with Crippen molar-refractivity contribution >= 4 is 10.9 Å². The van der Waals surface area contributed by atoms with E-state index in [-0.39, 0.29) is 6.04 Å². The Morgan fingerprint density at radius 1 is 1.06 bits per heavy atom. The van der Waals surface area contributed by atoms with Gasteiger partial charge in [0.15, 0.2) is 0 Å². The van der Waals surface area contributed by atoms with Gasteiger partial charge >= 0.3 is 0 Å². The molecule has 0 radical (unpaired) electrons. The van der Waals surface area contributed by atoms with Gasteiger partial charge in [0, 0.05) is 30.7 Å². The molecule has 162 valence electrons.